The second kappa shape index (κ2) is 33.2. The van der Waals surface area contributed by atoms with Crippen LogP contribution in [0, 0.1) is 180 Å². The van der Waals surface area contributed by atoms with Crippen LogP contribution in [0.25, 0.3) is 0 Å². The van der Waals surface area contributed by atoms with Gasteiger partial charge in [0.15, 0.2) is 0 Å². The molecule has 0 aliphatic heterocycles. The van der Waals surface area contributed by atoms with Crippen molar-refractivity contribution in [3.63, 3.8) is 0 Å². The Labute approximate surface area is 590 Å². The minimum absolute atomic E-state index is 0.0928. The summed E-state index contributed by atoms with van der Waals surface area (Å²) in [6, 6.07) is 0. The Morgan fingerprint density at radius 1 is 0.135 bits per heavy atom. The first-order valence-corrected chi connectivity index (χ1v) is 35.3. The maximum Gasteiger partial charge on any atom is 0.125 e. The van der Waals surface area contributed by atoms with Crippen LogP contribution in [0.4, 0.5) is 0 Å². The summed E-state index contributed by atoms with van der Waals surface area (Å²) in [5.74, 6) is 1.73. The Morgan fingerprint density at radius 2 is 0.365 bits per heavy atom. The van der Waals surface area contributed by atoms with Crippen LogP contribution in [-0.2, 0) is 37.9 Å². The zero-order valence-corrected chi connectivity index (χ0v) is 71.0. The first-order valence-electron chi connectivity index (χ1n) is 35.3. The number of hydrogen-bond acceptors (Lipinski definition) is 9. The number of pyridine rings is 3. The third kappa shape index (κ3) is 23.6. The number of nitrogens with zero attached hydrogens (tertiary/aromatic N) is 9. The van der Waals surface area contributed by atoms with Gasteiger partial charge in [0, 0.05) is 67.5 Å². The molecular weight excluding hydrogens is 1170 g/mol. The van der Waals surface area contributed by atoms with Gasteiger partial charge in [0.05, 0.1) is 28.5 Å². The molecule has 534 valence electrons. The van der Waals surface area contributed by atoms with Crippen LogP contribution in [0.2, 0.25) is 0 Å². The van der Waals surface area contributed by atoms with Gasteiger partial charge in [-0.25, -0.2) is 19.9 Å². The summed E-state index contributed by atoms with van der Waals surface area (Å²) in [7, 11) is 0. The molecule has 7 rings (SSSR count). The van der Waals surface area contributed by atoms with Crippen LogP contribution in [0.15, 0.2) is 0 Å². The molecule has 0 aliphatic carbocycles. The second-order valence-corrected chi connectivity index (χ2v) is 35.0. The Kier molecular flexibility index (Phi) is 30.4. The monoisotopic (exact) mass is 1310 g/mol. The van der Waals surface area contributed by atoms with Gasteiger partial charge in [-0.1, -0.05) is 145 Å². The van der Waals surface area contributed by atoms with Crippen molar-refractivity contribution in [2.24, 2.45) is 0 Å². The van der Waals surface area contributed by atoms with Gasteiger partial charge in [0.1, 0.15) is 11.6 Å². The summed E-state index contributed by atoms with van der Waals surface area (Å²) in [5.41, 5.74) is 40.6. The third-order valence-corrected chi connectivity index (χ3v) is 19.1. The molecule has 0 fully saturated rings. The first-order chi connectivity index (χ1) is 42.9. The van der Waals surface area contributed by atoms with Gasteiger partial charge in [-0.2, -0.15) is 0 Å². The van der Waals surface area contributed by atoms with Gasteiger partial charge < -0.3 is 0 Å². The second-order valence-electron chi connectivity index (χ2n) is 35.0. The average Bonchev–Trinajstić information content (AvgIpc) is 0.795. The minimum atomic E-state index is 0.0928. The molecule has 0 bridgehead atoms. The first kappa shape index (κ1) is 87.9. The van der Waals surface area contributed by atoms with E-state index in [-0.39, 0.29) is 37.9 Å². The Hall–Kier alpha value is -6.09. The molecule has 1 aromatic carbocycles. The molecule has 0 radical (unpaired) electrons. The van der Waals surface area contributed by atoms with Crippen molar-refractivity contribution >= 4 is 0 Å². The molecule has 0 saturated carbocycles. The molecule has 0 amide bonds. The lowest BCUT2D eigenvalue weighted by molar-refractivity contribution is 0.556. The summed E-state index contributed by atoms with van der Waals surface area (Å²) in [5, 5.41) is 0. The third-order valence-electron chi connectivity index (χ3n) is 19.1. The molecule has 0 unspecified atom stereocenters. The van der Waals surface area contributed by atoms with E-state index < -0.39 is 0 Å². The zero-order valence-electron chi connectivity index (χ0n) is 71.0. The van der Waals surface area contributed by atoms with E-state index in [1.807, 2.05) is 41.5 Å². The Balaban J connectivity index is 0.000000560. The van der Waals surface area contributed by atoms with Gasteiger partial charge in [0.25, 0.3) is 0 Å². The van der Waals surface area contributed by atoms with Crippen LogP contribution in [0.1, 0.15) is 331 Å². The van der Waals surface area contributed by atoms with Gasteiger partial charge >= 0.3 is 0 Å². The van der Waals surface area contributed by atoms with Crippen LogP contribution < -0.4 is 0 Å². The van der Waals surface area contributed by atoms with Gasteiger partial charge in [-0.3, -0.25) is 24.9 Å². The van der Waals surface area contributed by atoms with Crippen molar-refractivity contribution in [3.8, 4) is 0 Å². The molecule has 0 N–H and O–H groups in total. The smallest absolute Gasteiger partial charge is 0.125 e. The molecule has 9 heteroatoms. The molecule has 0 aliphatic rings. The SMILES string of the molecule is Cc1c(C)c(C)c(C(C)(C)C)c(C)c1C.Cc1nc(C(C)(C)C)c(C)c(C)c1C.Cc1nc(C)c(C(C)(C)C)c(C)c1C.Cc1nc(C)c(C(C)(C)C)c(C)n1.Cc1nc(C)c(C(C)(C)C)nc1C.Cc1nc(C)c(C)c(C(C)(C)C)c1C.Cc1nc(C)c(C)c(C(C)(C)C)n1. The molecule has 6 heterocycles. The fourth-order valence-electron chi connectivity index (χ4n) is 13.7. The highest BCUT2D eigenvalue weighted by molar-refractivity contribution is 5.52. The molecule has 0 saturated heterocycles. The van der Waals surface area contributed by atoms with E-state index in [0.717, 1.165) is 80.0 Å². The number of rotatable bonds is 0. The number of hydrogen-bond donors (Lipinski definition) is 0. The van der Waals surface area contributed by atoms with Gasteiger partial charge in [-0.05, 0) is 296 Å². The normalized spacial score (nSPS) is 11.9. The predicted octanol–water partition coefficient (Wildman–Crippen LogP) is 23.5. The standard InChI is InChI=1S/C15H24.3C13H21N.3C11H18N2/c1-9-10(2)12(4)14(15(6,7)8)13(5)11(9)3;1-8-10(3)14-11(4)9(2)12(8)13(5,6)7;1-8-9(2)12(13(5,6)7)11(4)14-10(8)3;1-8-9(2)11(4)14-12(10(8)3)13(5,6)7;1-7-10(11(4,5)6)8(2)13-9(3)12-7;1-7-8(2)13-10(9(3)12-7)11(4,5)6;1-7-8(2)12-9(3)13-10(7)11(4,5)6/h1-8H3;3*1-7H3;3*1-6H3. The Bertz CT molecular complexity index is 3760. The molecule has 6 aromatic heterocycles. The summed E-state index contributed by atoms with van der Waals surface area (Å²) in [6.45, 7) is 102. The van der Waals surface area contributed by atoms with Crippen LogP contribution in [0.3, 0.4) is 0 Å². The summed E-state index contributed by atoms with van der Waals surface area (Å²) in [6.07, 6.45) is 0. The summed E-state index contributed by atoms with van der Waals surface area (Å²) < 4.78 is 0. The van der Waals surface area contributed by atoms with E-state index in [2.05, 4.69) is 324 Å². The van der Waals surface area contributed by atoms with Crippen molar-refractivity contribution in [1.82, 2.24) is 44.9 Å². The van der Waals surface area contributed by atoms with Crippen molar-refractivity contribution in [2.75, 3.05) is 0 Å². The predicted molar refractivity (Wildman–Crippen MR) is 419 cm³/mol. The van der Waals surface area contributed by atoms with E-state index in [0.29, 0.717) is 0 Å². The molecule has 0 atom stereocenters. The lowest BCUT2D eigenvalue weighted by atomic mass is 9.77. The van der Waals surface area contributed by atoms with E-state index in [1.165, 1.54) is 106 Å². The topological polar surface area (TPSA) is 116 Å². The lowest BCUT2D eigenvalue weighted by Crippen LogP contribution is -2.17. The van der Waals surface area contributed by atoms with Crippen molar-refractivity contribution in [2.45, 2.75) is 363 Å². The van der Waals surface area contributed by atoms with E-state index in [9.17, 15) is 0 Å². The number of benzene rings is 1. The van der Waals surface area contributed by atoms with Gasteiger partial charge in [0.2, 0.25) is 0 Å². The summed E-state index contributed by atoms with van der Waals surface area (Å²) in [4.78, 5) is 40.5. The summed E-state index contributed by atoms with van der Waals surface area (Å²) >= 11 is 0. The largest absolute Gasteiger partial charge is 0.258 e. The highest BCUT2D eigenvalue weighted by atomic mass is 14.9. The molecular formula is C87H141N9. The van der Waals surface area contributed by atoms with Crippen LogP contribution in [0.5, 0.6) is 0 Å². The average molecular weight is 1310 g/mol. The highest BCUT2D eigenvalue weighted by Gasteiger charge is 2.27. The lowest BCUT2D eigenvalue weighted by Gasteiger charge is -2.28. The van der Waals surface area contributed by atoms with E-state index >= 15 is 0 Å². The fourth-order valence-corrected chi connectivity index (χ4v) is 13.7. The van der Waals surface area contributed by atoms with Gasteiger partial charge in [-0.15, -0.1) is 0 Å². The van der Waals surface area contributed by atoms with Crippen molar-refractivity contribution in [3.05, 3.63) is 186 Å². The molecule has 0 spiro atoms. The Morgan fingerprint density at radius 3 is 0.740 bits per heavy atom. The quantitative estimate of drug-likeness (QED) is 0.146. The van der Waals surface area contributed by atoms with Crippen LogP contribution >= 0.6 is 0 Å². The molecule has 96 heavy (non-hydrogen) atoms. The number of aryl methyl sites for hydroxylation is 13. The maximum absolute atomic E-state index is 4.70. The van der Waals surface area contributed by atoms with Crippen molar-refractivity contribution in [1.29, 1.82) is 0 Å². The zero-order chi connectivity index (χ0) is 75.9. The van der Waals surface area contributed by atoms with Crippen LogP contribution in [-0.4, -0.2) is 44.9 Å². The number of aromatic nitrogens is 9. The minimum Gasteiger partial charge on any atom is -0.258 e. The molecule has 9 nitrogen and oxygen atoms in total. The maximum atomic E-state index is 4.70. The molecule has 7 aromatic rings. The van der Waals surface area contributed by atoms with E-state index in [4.69, 9.17) is 4.98 Å². The van der Waals surface area contributed by atoms with E-state index in [1.54, 1.807) is 0 Å². The fraction of sp³-hybridized carbons (Fsp3) is 0.621. The highest BCUT2D eigenvalue weighted by Crippen LogP contribution is 2.36. The van der Waals surface area contributed by atoms with Crippen molar-refractivity contribution < 1.29 is 0 Å².